The number of aromatic amines is 1. The van der Waals surface area contributed by atoms with Crippen LogP contribution in [0.2, 0.25) is 0 Å². The van der Waals surface area contributed by atoms with Crippen molar-refractivity contribution in [2.45, 2.75) is 18.9 Å². The van der Waals surface area contributed by atoms with Crippen molar-refractivity contribution >= 4 is 34.9 Å². The van der Waals surface area contributed by atoms with Crippen LogP contribution in [0.3, 0.4) is 0 Å². The van der Waals surface area contributed by atoms with Gasteiger partial charge in [-0.1, -0.05) is 0 Å². The average Bonchev–Trinajstić information content (AvgIpc) is 3.34. The maximum absolute atomic E-state index is 13.5. The van der Waals surface area contributed by atoms with Crippen molar-refractivity contribution in [1.29, 1.82) is 0 Å². The Kier molecular flexibility index (Phi) is 7.31. The highest BCUT2D eigenvalue weighted by Gasteiger charge is 2.38. The molecule has 190 valence electrons. The quantitative estimate of drug-likeness (QED) is 0.310. The van der Waals surface area contributed by atoms with Crippen molar-refractivity contribution in [1.82, 2.24) is 20.6 Å². The van der Waals surface area contributed by atoms with Crippen LogP contribution in [0.15, 0.2) is 53.4 Å². The summed E-state index contributed by atoms with van der Waals surface area (Å²) in [6.07, 6.45) is -4.85. The van der Waals surface area contributed by atoms with E-state index in [9.17, 15) is 35.5 Å². The molecule has 0 saturated heterocycles. The van der Waals surface area contributed by atoms with Gasteiger partial charge in [0.2, 0.25) is 5.96 Å². The fraction of sp³-hybridized carbons (Fsp3) is 0.143. The molecule has 8 nitrogen and oxygen atoms in total. The molecule has 1 aliphatic heterocycles. The minimum absolute atomic E-state index is 0.0643. The van der Waals surface area contributed by atoms with E-state index in [1.807, 2.05) is 6.07 Å². The van der Waals surface area contributed by atoms with Crippen LogP contribution in [-0.4, -0.2) is 39.1 Å². The highest BCUT2D eigenvalue weighted by molar-refractivity contribution is 6.14. The van der Waals surface area contributed by atoms with Gasteiger partial charge in [-0.05, 0) is 42.0 Å². The summed E-state index contributed by atoms with van der Waals surface area (Å²) < 4.78 is 83.6. The van der Waals surface area contributed by atoms with Crippen LogP contribution in [0.5, 0.6) is 0 Å². The lowest BCUT2D eigenvalue weighted by Gasteiger charge is -2.10. The van der Waals surface area contributed by atoms with Crippen LogP contribution in [0.1, 0.15) is 16.7 Å². The number of benzene rings is 1. The summed E-state index contributed by atoms with van der Waals surface area (Å²) in [4.78, 5) is 32.3. The molecule has 36 heavy (non-hydrogen) atoms. The highest BCUT2D eigenvalue weighted by Crippen LogP contribution is 2.30. The molecule has 0 bridgehead atoms. The van der Waals surface area contributed by atoms with Crippen LogP contribution in [-0.2, 0) is 22.3 Å². The number of nitrogens with zero attached hydrogens (tertiary/aromatic N) is 2. The van der Waals surface area contributed by atoms with Crippen LogP contribution in [0, 0.1) is 5.82 Å². The molecule has 3 aromatic rings. The SMILES string of the molecule is O=C(O)C(F)(F)F.O=C1NC(NCc2cc(F)cc(C(F)(F)F)c2)=N/C1=C\c1c[nH]c2ncccc12. The second-order valence-electron chi connectivity index (χ2n) is 7.09. The Morgan fingerprint density at radius 1 is 1.14 bits per heavy atom. The van der Waals surface area contributed by atoms with Gasteiger partial charge in [0, 0.05) is 29.9 Å². The summed E-state index contributed by atoms with van der Waals surface area (Å²) in [7, 11) is 0. The molecule has 1 aromatic carbocycles. The molecule has 0 atom stereocenters. The molecule has 0 radical (unpaired) electrons. The summed E-state index contributed by atoms with van der Waals surface area (Å²) in [6, 6.07) is 5.84. The second kappa shape index (κ2) is 10.1. The van der Waals surface area contributed by atoms with E-state index in [0.717, 1.165) is 17.5 Å². The van der Waals surface area contributed by atoms with E-state index < -0.39 is 35.6 Å². The van der Waals surface area contributed by atoms with E-state index in [2.05, 4.69) is 25.6 Å². The number of nitrogens with one attached hydrogen (secondary N) is 3. The first-order valence-electron chi connectivity index (χ1n) is 9.68. The maximum atomic E-state index is 13.5. The molecule has 1 aliphatic rings. The van der Waals surface area contributed by atoms with E-state index in [1.165, 1.54) is 0 Å². The molecule has 0 unspecified atom stereocenters. The number of pyridine rings is 1. The predicted molar refractivity (Wildman–Crippen MR) is 112 cm³/mol. The van der Waals surface area contributed by atoms with Gasteiger partial charge in [0.15, 0.2) is 0 Å². The topological polar surface area (TPSA) is 119 Å². The van der Waals surface area contributed by atoms with E-state index in [4.69, 9.17) is 9.90 Å². The van der Waals surface area contributed by atoms with Gasteiger partial charge < -0.3 is 15.4 Å². The van der Waals surface area contributed by atoms with Crippen LogP contribution in [0.25, 0.3) is 17.1 Å². The average molecular weight is 517 g/mol. The molecule has 0 aliphatic carbocycles. The molecule has 4 rings (SSSR count). The summed E-state index contributed by atoms with van der Waals surface area (Å²) in [5.41, 5.74) is 0.469. The number of fused-ring (bicyclic) bond motifs is 1. The number of aliphatic imine (C=N–C) groups is 1. The lowest BCUT2D eigenvalue weighted by atomic mass is 10.1. The number of halogens is 7. The first kappa shape index (κ1) is 26.2. The van der Waals surface area contributed by atoms with Crippen molar-refractivity contribution in [3.63, 3.8) is 0 Å². The molecule has 1 amide bonds. The van der Waals surface area contributed by atoms with E-state index in [1.54, 1.807) is 24.5 Å². The Labute approximate surface area is 196 Å². The Bertz CT molecular complexity index is 1360. The third-order valence-corrected chi connectivity index (χ3v) is 4.46. The number of guanidine groups is 1. The molecular formula is C21H14F7N5O3. The number of H-pyrrole nitrogens is 1. The number of carboxylic acids is 1. The van der Waals surface area contributed by atoms with Gasteiger partial charge in [-0.25, -0.2) is 19.2 Å². The van der Waals surface area contributed by atoms with Crippen molar-refractivity contribution in [2.75, 3.05) is 0 Å². The maximum Gasteiger partial charge on any atom is 0.490 e. The number of alkyl halides is 6. The zero-order valence-electron chi connectivity index (χ0n) is 17.6. The summed E-state index contributed by atoms with van der Waals surface area (Å²) in [5.74, 6) is -4.16. The summed E-state index contributed by atoms with van der Waals surface area (Å²) in [6.45, 7) is -0.149. The monoisotopic (exact) mass is 517 g/mol. The zero-order valence-corrected chi connectivity index (χ0v) is 17.6. The molecule has 2 aromatic heterocycles. The highest BCUT2D eigenvalue weighted by atomic mass is 19.4. The van der Waals surface area contributed by atoms with E-state index >= 15 is 0 Å². The van der Waals surface area contributed by atoms with Gasteiger partial charge in [0.25, 0.3) is 5.91 Å². The molecule has 0 fully saturated rings. The van der Waals surface area contributed by atoms with Crippen molar-refractivity contribution in [3.8, 4) is 0 Å². The van der Waals surface area contributed by atoms with Crippen LogP contribution < -0.4 is 10.6 Å². The van der Waals surface area contributed by atoms with Gasteiger partial charge in [0.05, 0.1) is 5.56 Å². The molecule has 0 saturated carbocycles. The number of aliphatic carboxylic acids is 1. The van der Waals surface area contributed by atoms with Crippen molar-refractivity contribution in [3.05, 3.63) is 70.9 Å². The minimum atomic E-state index is -5.08. The lowest BCUT2D eigenvalue weighted by molar-refractivity contribution is -0.192. The Balaban J connectivity index is 0.000000454. The minimum Gasteiger partial charge on any atom is -0.475 e. The number of carbonyl (C=O) groups excluding carboxylic acids is 1. The van der Waals surface area contributed by atoms with Gasteiger partial charge in [-0.2, -0.15) is 26.3 Å². The first-order valence-corrected chi connectivity index (χ1v) is 9.68. The van der Waals surface area contributed by atoms with E-state index in [-0.39, 0.29) is 23.8 Å². The third-order valence-electron chi connectivity index (χ3n) is 4.46. The Hall–Kier alpha value is -4.43. The third kappa shape index (κ3) is 6.58. The van der Waals surface area contributed by atoms with Gasteiger partial charge in [-0.3, -0.25) is 10.1 Å². The largest absolute Gasteiger partial charge is 0.490 e. The first-order chi connectivity index (χ1) is 16.7. The summed E-state index contributed by atoms with van der Waals surface area (Å²) in [5, 5.41) is 13.1. The predicted octanol–water partition coefficient (Wildman–Crippen LogP) is 3.97. The van der Waals surface area contributed by atoms with Crippen LogP contribution in [0.4, 0.5) is 30.7 Å². The van der Waals surface area contributed by atoms with Gasteiger partial charge in [-0.15, -0.1) is 0 Å². The molecule has 4 N–H and O–H groups in total. The Morgan fingerprint density at radius 3 is 2.47 bits per heavy atom. The van der Waals surface area contributed by atoms with Gasteiger partial charge in [0.1, 0.15) is 17.2 Å². The van der Waals surface area contributed by atoms with Crippen LogP contribution >= 0.6 is 0 Å². The van der Waals surface area contributed by atoms with E-state index in [0.29, 0.717) is 17.3 Å². The fourth-order valence-corrected chi connectivity index (χ4v) is 2.90. The molecule has 0 spiro atoms. The van der Waals surface area contributed by atoms with Crippen molar-refractivity contribution in [2.24, 2.45) is 4.99 Å². The normalized spacial score (nSPS) is 14.8. The second-order valence-corrected chi connectivity index (χ2v) is 7.09. The Morgan fingerprint density at radius 2 is 1.83 bits per heavy atom. The number of aromatic nitrogens is 2. The number of carboxylic acid groups (broad SMARTS) is 1. The fourth-order valence-electron chi connectivity index (χ4n) is 2.90. The van der Waals surface area contributed by atoms with Gasteiger partial charge >= 0.3 is 18.3 Å². The number of rotatable bonds is 3. The lowest BCUT2D eigenvalue weighted by Crippen LogP contribution is -2.35. The smallest absolute Gasteiger partial charge is 0.475 e. The number of carbonyl (C=O) groups is 2. The molecular weight excluding hydrogens is 503 g/mol. The molecule has 3 heterocycles. The standard InChI is InChI=1S/C19H13F4N5O.C2HF3O2/c20-13-5-10(4-12(7-13)19(21,22)23)8-26-18-27-15(17(29)28-18)6-11-9-25-16-14(11)2-1-3-24-16;3-2(4,5)1(6)7/h1-7,9H,8H2,(H,24,25)(H2,26,27,28,29);(H,6,7)/b15-6-;. The summed E-state index contributed by atoms with van der Waals surface area (Å²) >= 11 is 0. The number of amides is 1. The zero-order chi connectivity index (χ0) is 26.7. The van der Waals surface area contributed by atoms with Crippen molar-refractivity contribution < 1.29 is 45.4 Å². The number of hydrogen-bond acceptors (Lipinski definition) is 5. The molecule has 15 heteroatoms. The number of hydrogen-bond donors (Lipinski definition) is 4.